The molecule has 1 aliphatic carbocycles. The quantitative estimate of drug-likeness (QED) is 0.256. The van der Waals surface area contributed by atoms with Crippen molar-refractivity contribution in [2.45, 2.75) is 5.41 Å². The van der Waals surface area contributed by atoms with Crippen LogP contribution in [0.25, 0.3) is 22.3 Å². The first-order valence-corrected chi connectivity index (χ1v) is 13.1. The van der Waals surface area contributed by atoms with Gasteiger partial charge in [0.25, 0.3) is 0 Å². The van der Waals surface area contributed by atoms with E-state index in [0.29, 0.717) is 0 Å². The molecule has 0 aromatic heterocycles. The zero-order chi connectivity index (χ0) is 25.4. The number of hydrogen-bond donors (Lipinski definition) is 1. The summed E-state index contributed by atoms with van der Waals surface area (Å²) in [7, 11) is 0. The van der Waals surface area contributed by atoms with Crippen molar-refractivity contribution in [1.29, 1.82) is 0 Å². The smallest absolute Gasteiger partial charge is 0.0713 e. The van der Waals surface area contributed by atoms with Crippen LogP contribution in [0.4, 0.5) is 11.4 Å². The number of hydrogen-bond acceptors (Lipinski definition) is 1. The fraction of sp³-hybridized carbons (Fsp3) is 0.0270. The standard InChI is InChI=1S/C37H27N/c1-4-12-29(13-5-1)37(30-14-6-2-7-15-30)35-19-11-10-18-33(35)34-25-22-28(26-36(34)37)27-20-23-32(24-21-27)38-31-16-8-3-9-17-31/h1-26,38H. The molecule has 1 N–H and O–H groups in total. The van der Waals surface area contributed by atoms with Gasteiger partial charge in [-0.25, -0.2) is 0 Å². The summed E-state index contributed by atoms with van der Waals surface area (Å²) < 4.78 is 0. The third kappa shape index (κ3) is 3.55. The molecule has 0 radical (unpaired) electrons. The molecule has 0 saturated carbocycles. The van der Waals surface area contributed by atoms with Crippen LogP contribution in [0.2, 0.25) is 0 Å². The Hall–Kier alpha value is -4.88. The predicted molar refractivity (Wildman–Crippen MR) is 159 cm³/mol. The van der Waals surface area contributed by atoms with Gasteiger partial charge in [-0.15, -0.1) is 0 Å². The van der Waals surface area contributed by atoms with Crippen molar-refractivity contribution in [2.75, 3.05) is 5.32 Å². The molecule has 0 unspecified atom stereocenters. The van der Waals surface area contributed by atoms with Crippen molar-refractivity contribution in [1.82, 2.24) is 0 Å². The van der Waals surface area contributed by atoms with E-state index in [1.54, 1.807) is 0 Å². The highest BCUT2D eigenvalue weighted by Crippen LogP contribution is 2.56. The third-order valence-electron chi connectivity index (χ3n) is 7.74. The molecular weight excluding hydrogens is 458 g/mol. The van der Waals surface area contributed by atoms with Gasteiger partial charge >= 0.3 is 0 Å². The Balaban J connectivity index is 1.40. The summed E-state index contributed by atoms with van der Waals surface area (Å²) in [6.45, 7) is 0. The summed E-state index contributed by atoms with van der Waals surface area (Å²) in [4.78, 5) is 0. The van der Waals surface area contributed by atoms with Gasteiger partial charge in [-0.2, -0.15) is 0 Å². The lowest BCUT2D eigenvalue weighted by atomic mass is 9.67. The Morgan fingerprint density at radius 3 is 1.53 bits per heavy atom. The maximum Gasteiger partial charge on any atom is 0.0713 e. The minimum Gasteiger partial charge on any atom is -0.356 e. The monoisotopic (exact) mass is 485 g/mol. The van der Waals surface area contributed by atoms with E-state index in [1.807, 2.05) is 18.2 Å². The molecule has 180 valence electrons. The number of fused-ring (bicyclic) bond motifs is 3. The van der Waals surface area contributed by atoms with Crippen LogP contribution >= 0.6 is 0 Å². The number of para-hydroxylation sites is 1. The number of benzene rings is 6. The van der Waals surface area contributed by atoms with E-state index < -0.39 is 0 Å². The second kappa shape index (κ2) is 9.21. The molecule has 0 atom stereocenters. The minimum atomic E-state index is -0.376. The number of anilines is 2. The number of nitrogens with one attached hydrogen (secondary N) is 1. The van der Waals surface area contributed by atoms with E-state index in [1.165, 1.54) is 44.5 Å². The number of rotatable bonds is 5. The molecule has 0 spiro atoms. The van der Waals surface area contributed by atoms with Gasteiger partial charge in [0.2, 0.25) is 0 Å². The average molecular weight is 486 g/mol. The van der Waals surface area contributed by atoms with Crippen LogP contribution in [0.3, 0.4) is 0 Å². The van der Waals surface area contributed by atoms with Crippen molar-refractivity contribution < 1.29 is 0 Å². The SMILES string of the molecule is c1ccc(Nc2ccc(-c3ccc4c(c3)C(c3ccccc3)(c3ccccc3)c3ccccc3-4)cc2)cc1. The second-order valence-electron chi connectivity index (χ2n) is 9.86. The van der Waals surface area contributed by atoms with Crippen LogP contribution in [-0.4, -0.2) is 0 Å². The van der Waals surface area contributed by atoms with E-state index >= 15 is 0 Å². The maximum atomic E-state index is 3.49. The van der Waals surface area contributed by atoms with Gasteiger partial charge in [-0.3, -0.25) is 0 Å². The normalized spacial score (nSPS) is 12.9. The van der Waals surface area contributed by atoms with Crippen LogP contribution in [-0.2, 0) is 5.41 Å². The highest BCUT2D eigenvalue weighted by atomic mass is 14.9. The van der Waals surface area contributed by atoms with E-state index in [9.17, 15) is 0 Å². The first-order chi connectivity index (χ1) is 18.8. The molecule has 1 nitrogen and oxygen atoms in total. The topological polar surface area (TPSA) is 12.0 Å². The van der Waals surface area contributed by atoms with Crippen LogP contribution in [0, 0.1) is 0 Å². The molecule has 6 aromatic rings. The third-order valence-corrected chi connectivity index (χ3v) is 7.74. The molecule has 0 aliphatic heterocycles. The van der Waals surface area contributed by atoms with Gasteiger partial charge in [0, 0.05) is 11.4 Å². The summed E-state index contributed by atoms with van der Waals surface area (Å²) in [5.41, 5.74) is 12.1. The van der Waals surface area contributed by atoms with Crippen LogP contribution in [0.5, 0.6) is 0 Å². The van der Waals surface area contributed by atoms with E-state index in [2.05, 4.69) is 145 Å². The lowest BCUT2D eigenvalue weighted by Crippen LogP contribution is -2.28. The second-order valence-corrected chi connectivity index (χ2v) is 9.86. The van der Waals surface area contributed by atoms with Crippen molar-refractivity contribution in [3.63, 3.8) is 0 Å². The molecule has 6 aromatic carbocycles. The molecule has 0 saturated heterocycles. The molecule has 0 heterocycles. The maximum absolute atomic E-state index is 3.49. The Morgan fingerprint density at radius 2 is 0.868 bits per heavy atom. The summed E-state index contributed by atoms with van der Waals surface area (Å²) in [5, 5.41) is 3.49. The van der Waals surface area contributed by atoms with Gasteiger partial charge < -0.3 is 5.32 Å². The summed E-state index contributed by atoms with van der Waals surface area (Å²) >= 11 is 0. The molecule has 1 aliphatic rings. The Kier molecular flexibility index (Phi) is 5.41. The van der Waals surface area contributed by atoms with Gasteiger partial charge in [-0.05, 0) is 74.8 Å². The fourth-order valence-electron chi connectivity index (χ4n) is 6.06. The summed E-state index contributed by atoms with van der Waals surface area (Å²) in [6.07, 6.45) is 0. The zero-order valence-electron chi connectivity index (χ0n) is 21.0. The summed E-state index contributed by atoms with van der Waals surface area (Å²) in [5.74, 6) is 0. The predicted octanol–water partition coefficient (Wildman–Crippen LogP) is 9.46. The molecule has 38 heavy (non-hydrogen) atoms. The van der Waals surface area contributed by atoms with Crippen LogP contribution in [0.15, 0.2) is 158 Å². The molecule has 0 amide bonds. The Bertz CT molecular complexity index is 1660. The molecule has 0 fully saturated rings. The molecule has 1 heteroatoms. The van der Waals surface area contributed by atoms with Gasteiger partial charge in [0.05, 0.1) is 5.41 Å². The zero-order valence-corrected chi connectivity index (χ0v) is 21.0. The van der Waals surface area contributed by atoms with Gasteiger partial charge in [0.1, 0.15) is 0 Å². The fourth-order valence-corrected chi connectivity index (χ4v) is 6.06. The van der Waals surface area contributed by atoms with Gasteiger partial charge in [-0.1, -0.05) is 127 Å². The van der Waals surface area contributed by atoms with Crippen molar-refractivity contribution in [3.05, 3.63) is 180 Å². The highest BCUT2D eigenvalue weighted by molar-refractivity contribution is 5.88. The molecule has 7 rings (SSSR count). The average Bonchev–Trinajstić information content (AvgIpc) is 3.29. The van der Waals surface area contributed by atoms with E-state index in [0.717, 1.165) is 11.4 Å². The van der Waals surface area contributed by atoms with Crippen molar-refractivity contribution in [3.8, 4) is 22.3 Å². The van der Waals surface area contributed by atoms with Crippen molar-refractivity contribution in [2.24, 2.45) is 0 Å². The molecular formula is C37H27N. The first kappa shape index (κ1) is 22.3. The van der Waals surface area contributed by atoms with Crippen molar-refractivity contribution >= 4 is 11.4 Å². The molecule has 0 bridgehead atoms. The lowest BCUT2D eigenvalue weighted by Gasteiger charge is -2.34. The Morgan fingerprint density at radius 1 is 0.368 bits per heavy atom. The summed E-state index contributed by atoms with van der Waals surface area (Å²) in [6, 6.07) is 56.8. The Labute approximate surface area is 224 Å². The largest absolute Gasteiger partial charge is 0.356 e. The van der Waals surface area contributed by atoms with E-state index in [4.69, 9.17) is 0 Å². The van der Waals surface area contributed by atoms with Gasteiger partial charge in [0.15, 0.2) is 0 Å². The lowest BCUT2D eigenvalue weighted by molar-refractivity contribution is 0.769. The van der Waals surface area contributed by atoms with E-state index in [-0.39, 0.29) is 5.41 Å². The van der Waals surface area contributed by atoms with Crippen LogP contribution in [0.1, 0.15) is 22.3 Å². The minimum absolute atomic E-state index is 0.376. The van der Waals surface area contributed by atoms with Crippen LogP contribution < -0.4 is 5.32 Å². The highest BCUT2D eigenvalue weighted by Gasteiger charge is 2.45. The first-order valence-electron chi connectivity index (χ1n) is 13.1.